The normalized spacial score (nSPS) is 12.1. The summed E-state index contributed by atoms with van der Waals surface area (Å²) in [7, 11) is 0. The first kappa shape index (κ1) is 16.4. The van der Waals surface area contributed by atoms with Crippen molar-refractivity contribution in [1.29, 1.82) is 0 Å². The number of ether oxygens (including phenoxy) is 1. The Balaban J connectivity index is 2.62. The minimum Gasteiger partial charge on any atom is -0.479 e. The molecule has 0 saturated heterocycles. The Morgan fingerprint density at radius 1 is 1.40 bits per heavy atom. The largest absolute Gasteiger partial charge is 0.479 e. The molecule has 0 aromatic heterocycles. The van der Waals surface area contributed by atoms with Crippen molar-refractivity contribution in [2.24, 2.45) is 5.92 Å². The summed E-state index contributed by atoms with van der Waals surface area (Å²) in [6, 6.07) is 3.51. The van der Waals surface area contributed by atoms with Gasteiger partial charge in [-0.3, -0.25) is 9.59 Å². The lowest BCUT2D eigenvalue weighted by molar-refractivity contribution is -0.129. The third-order valence-electron chi connectivity index (χ3n) is 2.69. The van der Waals surface area contributed by atoms with Crippen LogP contribution in [0.15, 0.2) is 18.2 Å². The number of para-hydroxylation sites is 1. The second-order valence-corrected chi connectivity index (χ2v) is 5.15. The number of nitrogens with one attached hydrogen (secondary N) is 1. The number of Topliss-reactive ketones (excluding diaryl/α,β-unsaturated/α-hetero) is 1. The Bertz CT molecular complexity index is 485. The second-order valence-electron chi connectivity index (χ2n) is 4.74. The van der Waals surface area contributed by atoms with Crippen molar-refractivity contribution in [2.75, 3.05) is 6.61 Å². The van der Waals surface area contributed by atoms with Gasteiger partial charge in [0, 0.05) is 0 Å². The molecule has 0 aliphatic rings. The van der Waals surface area contributed by atoms with Gasteiger partial charge in [-0.1, -0.05) is 31.5 Å². The lowest BCUT2D eigenvalue weighted by atomic mass is 10.0. The molecule has 0 spiro atoms. The average molecular weight is 302 g/mol. The van der Waals surface area contributed by atoms with Gasteiger partial charge in [-0.15, -0.1) is 0 Å². The quantitative estimate of drug-likeness (QED) is 0.878. The van der Waals surface area contributed by atoms with Crippen LogP contribution in [0.5, 0.6) is 5.75 Å². The van der Waals surface area contributed by atoms with Gasteiger partial charge in [-0.2, -0.15) is 0 Å². The number of halogens is 2. The number of carbonyl (C=O) groups is 2. The molecule has 1 rings (SSSR count). The zero-order valence-corrected chi connectivity index (χ0v) is 12.3. The van der Waals surface area contributed by atoms with Crippen LogP contribution in [-0.2, 0) is 9.59 Å². The molecule has 1 aromatic rings. The van der Waals surface area contributed by atoms with Gasteiger partial charge >= 0.3 is 0 Å². The van der Waals surface area contributed by atoms with Crippen molar-refractivity contribution in [2.45, 2.75) is 26.8 Å². The smallest absolute Gasteiger partial charge is 0.258 e. The van der Waals surface area contributed by atoms with Gasteiger partial charge in [-0.05, 0) is 25.0 Å². The minimum absolute atomic E-state index is 0.0338. The lowest BCUT2D eigenvalue weighted by Gasteiger charge is -2.19. The van der Waals surface area contributed by atoms with E-state index in [9.17, 15) is 14.0 Å². The Labute approximate surface area is 122 Å². The molecule has 110 valence electrons. The number of rotatable bonds is 6. The fourth-order valence-electron chi connectivity index (χ4n) is 1.71. The first-order valence-corrected chi connectivity index (χ1v) is 6.57. The number of carbonyl (C=O) groups excluding carboxylic acids is 2. The van der Waals surface area contributed by atoms with Crippen LogP contribution in [0.1, 0.15) is 20.8 Å². The van der Waals surface area contributed by atoms with E-state index < -0.39 is 24.4 Å². The topological polar surface area (TPSA) is 55.4 Å². The van der Waals surface area contributed by atoms with E-state index in [2.05, 4.69) is 5.32 Å². The molecule has 4 nitrogen and oxygen atoms in total. The van der Waals surface area contributed by atoms with E-state index in [1.165, 1.54) is 25.1 Å². The molecular weight excluding hydrogens is 285 g/mol. The van der Waals surface area contributed by atoms with E-state index in [0.717, 1.165) is 0 Å². The van der Waals surface area contributed by atoms with E-state index in [4.69, 9.17) is 16.3 Å². The predicted molar refractivity (Wildman–Crippen MR) is 74.4 cm³/mol. The zero-order valence-electron chi connectivity index (χ0n) is 11.6. The van der Waals surface area contributed by atoms with Gasteiger partial charge in [0.2, 0.25) is 0 Å². The van der Waals surface area contributed by atoms with Gasteiger partial charge in [0.25, 0.3) is 5.91 Å². The van der Waals surface area contributed by atoms with E-state index in [0.29, 0.717) is 0 Å². The monoisotopic (exact) mass is 301 g/mol. The summed E-state index contributed by atoms with van der Waals surface area (Å²) in [5, 5.41) is 2.63. The lowest BCUT2D eigenvalue weighted by Crippen LogP contribution is -2.45. The molecule has 1 N–H and O–H groups in total. The van der Waals surface area contributed by atoms with Crippen molar-refractivity contribution < 1.29 is 18.7 Å². The van der Waals surface area contributed by atoms with Crippen LogP contribution >= 0.6 is 11.6 Å². The van der Waals surface area contributed by atoms with Crippen LogP contribution < -0.4 is 10.1 Å². The molecule has 0 aliphatic carbocycles. The fourth-order valence-corrected chi connectivity index (χ4v) is 1.93. The Morgan fingerprint density at radius 3 is 2.55 bits per heavy atom. The van der Waals surface area contributed by atoms with Crippen LogP contribution in [0.25, 0.3) is 0 Å². The van der Waals surface area contributed by atoms with Gasteiger partial charge in [-0.25, -0.2) is 4.39 Å². The van der Waals surface area contributed by atoms with Crippen molar-refractivity contribution in [3.8, 4) is 5.75 Å². The highest BCUT2D eigenvalue weighted by molar-refractivity contribution is 6.32. The molecule has 0 saturated carbocycles. The van der Waals surface area contributed by atoms with E-state index in [1.807, 2.05) is 13.8 Å². The first-order valence-electron chi connectivity index (χ1n) is 6.19. The number of amides is 1. The fraction of sp³-hybridized carbons (Fsp3) is 0.429. The van der Waals surface area contributed by atoms with Crippen molar-refractivity contribution >= 4 is 23.3 Å². The molecule has 0 fully saturated rings. The molecule has 1 aromatic carbocycles. The summed E-state index contributed by atoms with van der Waals surface area (Å²) in [5.74, 6) is -1.49. The maximum absolute atomic E-state index is 13.4. The molecular formula is C14H17ClFNO3. The second kappa shape index (κ2) is 7.24. The third kappa shape index (κ3) is 4.49. The molecule has 20 heavy (non-hydrogen) atoms. The number of benzene rings is 1. The first-order chi connectivity index (χ1) is 9.32. The van der Waals surface area contributed by atoms with E-state index in [-0.39, 0.29) is 22.5 Å². The number of hydrogen-bond donors (Lipinski definition) is 1. The van der Waals surface area contributed by atoms with Crippen molar-refractivity contribution in [3.05, 3.63) is 29.0 Å². The highest BCUT2D eigenvalue weighted by Crippen LogP contribution is 2.26. The van der Waals surface area contributed by atoms with Gasteiger partial charge < -0.3 is 10.1 Å². The molecule has 1 atom stereocenters. The Hall–Kier alpha value is -1.62. The van der Waals surface area contributed by atoms with Crippen LogP contribution in [0.2, 0.25) is 5.02 Å². The molecule has 0 heterocycles. The average Bonchev–Trinajstić information content (AvgIpc) is 2.34. The third-order valence-corrected chi connectivity index (χ3v) is 2.99. The molecule has 0 bridgehead atoms. The highest BCUT2D eigenvalue weighted by Gasteiger charge is 2.21. The van der Waals surface area contributed by atoms with Crippen LogP contribution in [0.4, 0.5) is 4.39 Å². The summed E-state index contributed by atoms with van der Waals surface area (Å²) in [6.45, 7) is 4.64. The number of hydrogen-bond acceptors (Lipinski definition) is 3. The van der Waals surface area contributed by atoms with Crippen LogP contribution in [-0.4, -0.2) is 24.3 Å². The van der Waals surface area contributed by atoms with E-state index >= 15 is 0 Å². The van der Waals surface area contributed by atoms with Gasteiger partial charge in [0.15, 0.2) is 24.0 Å². The highest BCUT2D eigenvalue weighted by atomic mass is 35.5. The molecule has 6 heteroatoms. The summed E-state index contributed by atoms with van der Waals surface area (Å²) in [6.07, 6.45) is 0. The maximum atomic E-state index is 13.4. The molecule has 1 amide bonds. The summed E-state index contributed by atoms with van der Waals surface area (Å²) in [4.78, 5) is 23.1. The minimum atomic E-state index is -0.641. The Kier molecular flexibility index (Phi) is 5.95. The van der Waals surface area contributed by atoms with Crippen molar-refractivity contribution in [1.82, 2.24) is 5.32 Å². The van der Waals surface area contributed by atoms with Crippen LogP contribution in [0, 0.1) is 11.7 Å². The molecule has 0 radical (unpaired) electrons. The van der Waals surface area contributed by atoms with Crippen molar-refractivity contribution in [3.63, 3.8) is 0 Å². The molecule has 0 aliphatic heterocycles. The summed E-state index contributed by atoms with van der Waals surface area (Å²) in [5.41, 5.74) is 0. The van der Waals surface area contributed by atoms with E-state index in [1.54, 1.807) is 0 Å². The zero-order chi connectivity index (χ0) is 15.3. The summed E-state index contributed by atoms with van der Waals surface area (Å²) < 4.78 is 18.5. The van der Waals surface area contributed by atoms with Gasteiger partial charge in [0.05, 0.1) is 11.1 Å². The molecule has 1 unspecified atom stereocenters. The standard InChI is InChI=1S/C14H17ClFNO3/c1-8(2)13(9(3)18)17-12(19)7-20-14-10(15)5-4-6-11(14)16/h4-6,8,13H,7H2,1-3H3,(H,17,19). The predicted octanol–water partition coefficient (Wildman–Crippen LogP) is 2.59. The summed E-state index contributed by atoms with van der Waals surface area (Å²) >= 11 is 5.77. The van der Waals surface area contributed by atoms with Crippen LogP contribution in [0.3, 0.4) is 0 Å². The van der Waals surface area contributed by atoms with Gasteiger partial charge in [0.1, 0.15) is 0 Å². The SMILES string of the molecule is CC(=O)C(NC(=O)COc1c(F)cccc1Cl)C(C)C. The maximum Gasteiger partial charge on any atom is 0.258 e. The Morgan fingerprint density at radius 2 is 2.05 bits per heavy atom. The number of ketones is 1.